The number of benzene rings is 2. The van der Waals surface area contributed by atoms with Crippen molar-refractivity contribution in [3.05, 3.63) is 70.3 Å². The second kappa shape index (κ2) is 6.42. The molecule has 0 radical (unpaired) electrons. The molecule has 0 spiro atoms. The van der Waals surface area contributed by atoms with Crippen LogP contribution in [-0.4, -0.2) is 11.7 Å². The first-order valence-corrected chi connectivity index (χ1v) is 7.44. The Balaban J connectivity index is 2.19. The molecule has 2 aromatic rings. The van der Waals surface area contributed by atoms with Crippen LogP contribution in [0.2, 0.25) is 0 Å². The Morgan fingerprint density at radius 2 is 1.57 bits per heavy atom. The van der Waals surface area contributed by atoms with Gasteiger partial charge in [-0.25, -0.2) is 0 Å². The largest absolute Gasteiger partial charge is 0.394 e. The van der Waals surface area contributed by atoms with E-state index in [1.165, 1.54) is 22.3 Å². The summed E-state index contributed by atoms with van der Waals surface area (Å²) >= 11 is 0. The van der Waals surface area contributed by atoms with E-state index in [4.69, 9.17) is 0 Å². The first-order chi connectivity index (χ1) is 9.96. The summed E-state index contributed by atoms with van der Waals surface area (Å²) in [5, 5.41) is 13.3. The van der Waals surface area contributed by atoms with Crippen molar-refractivity contribution in [3.8, 4) is 0 Å². The zero-order chi connectivity index (χ0) is 15.5. The molecule has 112 valence electrons. The maximum atomic E-state index is 9.82. The molecule has 21 heavy (non-hydrogen) atoms. The second-order valence-corrected chi connectivity index (χ2v) is 6.07. The van der Waals surface area contributed by atoms with Gasteiger partial charge in [0.1, 0.15) is 0 Å². The van der Waals surface area contributed by atoms with E-state index in [1.54, 1.807) is 0 Å². The van der Waals surface area contributed by atoms with E-state index in [0.29, 0.717) is 0 Å². The van der Waals surface area contributed by atoms with E-state index < -0.39 is 5.54 Å². The average molecular weight is 283 g/mol. The van der Waals surface area contributed by atoms with Crippen LogP contribution >= 0.6 is 0 Å². The zero-order valence-electron chi connectivity index (χ0n) is 13.4. The summed E-state index contributed by atoms with van der Waals surface area (Å²) < 4.78 is 0. The number of nitrogens with one attached hydrogen (secondary N) is 1. The molecule has 0 aliphatic heterocycles. The highest BCUT2D eigenvalue weighted by Gasteiger charge is 2.24. The molecule has 0 aliphatic carbocycles. The molecule has 0 saturated carbocycles. The van der Waals surface area contributed by atoms with Crippen LogP contribution in [0.3, 0.4) is 0 Å². The van der Waals surface area contributed by atoms with Crippen LogP contribution in [-0.2, 0) is 12.1 Å². The van der Waals surface area contributed by atoms with Crippen LogP contribution < -0.4 is 5.32 Å². The van der Waals surface area contributed by atoms with Crippen molar-refractivity contribution in [3.63, 3.8) is 0 Å². The third kappa shape index (κ3) is 3.52. The minimum absolute atomic E-state index is 0.0703. The van der Waals surface area contributed by atoms with Gasteiger partial charge in [-0.15, -0.1) is 0 Å². The smallest absolute Gasteiger partial charge is 0.0652 e. The summed E-state index contributed by atoms with van der Waals surface area (Å²) in [6.07, 6.45) is 0. The summed E-state index contributed by atoms with van der Waals surface area (Å²) in [6, 6.07) is 14.6. The molecule has 0 aliphatic rings. The van der Waals surface area contributed by atoms with Crippen molar-refractivity contribution < 1.29 is 5.11 Å². The topological polar surface area (TPSA) is 32.3 Å². The van der Waals surface area contributed by atoms with E-state index >= 15 is 0 Å². The van der Waals surface area contributed by atoms with Gasteiger partial charge in [0.05, 0.1) is 12.1 Å². The maximum Gasteiger partial charge on any atom is 0.0652 e. The quantitative estimate of drug-likeness (QED) is 0.878. The van der Waals surface area contributed by atoms with Gasteiger partial charge in [0.25, 0.3) is 0 Å². The highest BCUT2D eigenvalue weighted by molar-refractivity contribution is 5.36. The fourth-order valence-electron chi connectivity index (χ4n) is 2.56. The van der Waals surface area contributed by atoms with Gasteiger partial charge in [-0.05, 0) is 55.5 Å². The lowest BCUT2D eigenvalue weighted by Gasteiger charge is -2.30. The van der Waals surface area contributed by atoms with Crippen molar-refractivity contribution in [2.45, 2.75) is 39.8 Å². The first kappa shape index (κ1) is 15.7. The van der Waals surface area contributed by atoms with Gasteiger partial charge in [0.2, 0.25) is 0 Å². The number of aliphatic hydroxyl groups excluding tert-OH is 1. The third-order valence-electron chi connectivity index (χ3n) is 4.35. The fraction of sp³-hybridized carbons (Fsp3) is 0.368. The lowest BCUT2D eigenvalue weighted by molar-refractivity contribution is 0.173. The number of aliphatic hydroxyl groups is 1. The molecule has 0 amide bonds. The Kier molecular flexibility index (Phi) is 4.81. The Morgan fingerprint density at radius 3 is 2.19 bits per heavy atom. The van der Waals surface area contributed by atoms with Gasteiger partial charge < -0.3 is 10.4 Å². The second-order valence-electron chi connectivity index (χ2n) is 6.07. The van der Waals surface area contributed by atoms with Crippen LogP contribution in [0, 0.1) is 20.8 Å². The third-order valence-corrected chi connectivity index (χ3v) is 4.35. The number of hydrogen-bond donors (Lipinski definition) is 2. The Labute approximate surface area is 127 Å². The van der Waals surface area contributed by atoms with Crippen molar-refractivity contribution in [2.24, 2.45) is 0 Å². The van der Waals surface area contributed by atoms with Crippen LogP contribution in [0.15, 0.2) is 42.5 Å². The van der Waals surface area contributed by atoms with Gasteiger partial charge in [0.15, 0.2) is 0 Å². The molecule has 0 heterocycles. The van der Waals surface area contributed by atoms with E-state index in [-0.39, 0.29) is 6.61 Å². The SMILES string of the molecule is Cc1cc(C)c(CNC(C)(CO)c2ccccc2)cc1C. The normalized spacial score (nSPS) is 14.0. The molecule has 0 aromatic heterocycles. The monoisotopic (exact) mass is 283 g/mol. The van der Waals surface area contributed by atoms with Gasteiger partial charge >= 0.3 is 0 Å². The molecule has 1 unspecified atom stereocenters. The van der Waals surface area contributed by atoms with Gasteiger partial charge in [-0.2, -0.15) is 0 Å². The van der Waals surface area contributed by atoms with Crippen LogP contribution in [0.5, 0.6) is 0 Å². The van der Waals surface area contributed by atoms with Crippen LogP contribution in [0.25, 0.3) is 0 Å². The predicted molar refractivity (Wildman–Crippen MR) is 88.4 cm³/mol. The minimum Gasteiger partial charge on any atom is -0.394 e. The molecule has 1 atom stereocenters. The van der Waals surface area contributed by atoms with Crippen molar-refractivity contribution >= 4 is 0 Å². The molecule has 2 heteroatoms. The summed E-state index contributed by atoms with van der Waals surface area (Å²) in [5.74, 6) is 0. The molecular weight excluding hydrogens is 258 g/mol. The fourth-order valence-corrected chi connectivity index (χ4v) is 2.56. The van der Waals surface area contributed by atoms with Crippen LogP contribution in [0.4, 0.5) is 0 Å². The molecule has 2 nitrogen and oxygen atoms in total. The van der Waals surface area contributed by atoms with Crippen molar-refractivity contribution in [1.29, 1.82) is 0 Å². The molecule has 0 bridgehead atoms. The highest BCUT2D eigenvalue weighted by atomic mass is 16.3. The molecule has 0 saturated heterocycles. The van der Waals surface area contributed by atoms with Crippen molar-refractivity contribution in [1.82, 2.24) is 5.32 Å². The molecule has 2 N–H and O–H groups in total. The van der Waals surface area contributed by atoms with E-state index in [1.807, 2.05) is 25.1 Å². The molecule has 0 fully saturated rings. The van der Waals surface area contributed by atoms with Gasteiger partial charge in [-0.3, -0.25) is 0 Å². The van der Waals surface area contributed by atoms with Crippen LogP contribution in [0.1, 0.15) is 34.7 Å². The van der Waals surface area contributed by atoms with E-state index in [9.17, 15) is 5.11 Å². The van der Waals surface area contributed by atoms with E-state index in [2.05, 4.69) is 50.4 Å². The first-order valence-electron chi connectivity index (χ1n) is 7.44. The van der Waals surface area contributed by atoms with E-state index in [0.717, 1.165) is 12.1 Å². The number of rotatable bonds is 5. The lowest BCUT2D eigenvalue weighted by Crippen LogP contribution is -2.42. The summed E-state index contributed by atoms with van der Waals surface area (Å²) in [5.41, 5.74) is 5.89. The van der Waals surface area contributed by atoms with Crippen molar-refractivity contribution in [2.75, 3.05) is 6.61 Å². The summed E-state index contributed by atoms with van der Waals surface area (Å²) in [6.45, 7) is 9.28. The average Bonchev–Trinajstić information content (AvgIpc) is 2.50. The number of aryl methyl sites for hydroxylation is 3. The summed E-state index contributed by atoms with van der Waals surface area (Å²) in [7, 11) is 0. The number of hydrogen-bond acceptors (Lipinski definition) is 2. The maximum absolute atomic E-state index is 9.82. The zero-order valence-corrected chi connectivity index (χ0v) is 13.4. The summed E-state index contributed by atoms with van der Waals surface area (Å²) in [4.78, 5) is 0. The Morgan fingerprint density at radius 1 is 0.952 bits per heavy atom. The van der Waals surface area contributed by atoms with Gasteiger partial charge in [0, 0.05) is 6.54 Å². The highest BCUT2D eigenvalue weighted by Crippen LogP contribution is 2.22. The standard InChI is InChI=1S/C19H25NO/c1-14-10-16(3)17(11-15(14)2)12-20-19(4,13-21)18-8-6-5-7-9-18/h5-11,20-21H,12-13H2,1-4H3. The molecule has 2 rings (SSSR count). The molecular formula is C19H25NO. The lowest BCUT2D eigenvalue weighted by atomic mass is 9.92. The van der Waals surface area contributed by atoms with Gasteiger partial charge in [-0.1, -0.05) is 42.5 Å². The Hall–Kier alpha value is -1.64. The Bertz CT molecular complexity index is 606. The predicted octanol–water partition coefficient (Wildman–Crippen LogP) is 3.61. The molecule has 2 aromatic carbocycles. The minimum atomic E-state index is -0.424.